The zero-order valence-corrected chi connectivity index (χ0v) is 19.2. The third-order valence-electron chi connectivity index (χ3n) is 5.40. The molecule has 1 aliphatic rings. The summed E-state index contributed by atoms with van der Waals surface area (Å²) in [7, 11) is 2.04. The molecular formula is C24H26FN7O3. The van der Waals surface area contributed by atoms with Crippen LogP contribution in [0.5, 0.6) is 5.75 Å². The second-order valence-electron chi connectivity index (χ2n) is 8.10. The van der Waals surface area contributed by atoms with Crippen molar-refractivity contribution in [1.82, 2.24) is 19.8 Å². The summed E-state index contributed by atoms with van der Waals surface area (Å²) in [5, 5.41) is 5.92. The number of amides is 2. The Morgan fingerprint density at radius 3 is 2.51 bits per heavy atom. The molecule has 4 rings (SSSR count). The van der Waals surface area contributed by atoms with Gasteiger partial charge < -0.3 is 30.9 Å². The Kier molecular flexibility index (Phi) is 7.36. The van der Waals surface area contributed by atoms with Crippen LogP contribution in [0.3, 0.4) is 0 Å². The molecule has 182 valence electrons. The minimum Gasteiger partial charge on any atom is -0.484 e. The van der Waals surface area contributed by atoms with E-state index in [0.717, 1.165) is 19.3 Å². The number of ether oxygens (including phenoxy) is 1. The first-order valence-electron chi connectivity index (χ1n) is 11.0. The fraction of sp³-hybridized carbons (Fsp3) is 0.250. The molecule has 0 radical (unpaired) electrons. The molecule has 2 amide bonds. The number of nitrogens with one attached hydrogen (secondary N) is 2. The Morgan fingerprint density at radius 1 is 1.06 bits per heavy atom. The zero-order valence-electron chi connectivity index (χ0n) is 19.2. The summed E-state index contributed by atoms with van der Waals surface area (Å²) < 4.78 is 19.6. The second-order valence-corrected chi connectivity index (χ2v) is 8.10. The molecule has 1 aliphatic heterocycles. The highest BCUT2D eigenvalue weighted by Crippen LogP contribution is 2.23. The number of benzene rings is 2. The molecular weight excluding hydrogens is 453 g/mol. The average molecular weight is 480 g/mol. The standard InChI is InChI=1S/C24H26FN7O3/c1-31-9-11-32(12-10-31)23(34)16-3-2-4-18(13-16)29-24-27-14-20(25)22(30-24)28-17-5-7-19(8-6-17)35-15-21(26)33/h2-8,13-14H,9-12,15H2,1H3,(H2,26,33)(H2,27,28,29,30). The van der Waals surface area contributed by atoms with Gasteiger partial charge in [-0.25, -0.2) is 9.37 Å². The Hall–Kier alpha value is -4.25. The fourth-order valence-corrected chi connectivity index (χ4v) is 3.49. The second kappa shape index (κ2) is 10.8. The van der Waals surface area contributed by atoms with Gasteiger partial charge in [0.15, 0.2) is 18.2 Å². The van der Waals surface area contributed by atoms with Crippen LogP contribution in [0.1, 0.15) is 10.4 Å². The number of likely N-dealkylation sites (N-methyl/N-ethyl adjacent to an activating group) is 1. The van der Waals surface area contributed by atoms with Crippen LogP contribution in [0.25, 0.3) is 0 Å². The van der Waals surface area contributed by atoms with Gasteiger partial charge in [0, 0.05) is 43.1 Å². The third kappa shape index (κ3) is 6.42. The Labute approximate surface area is 201 Å². The number of anilines is 4. The van der Waals surface area contributed by atoms with Crippen LogP contribution in [-0.4, -0.2) is 71.4 Å². The predicted molar refractivity (Wildman–Crippen MR) is 130 cm³/mol. The SMILES string of the molecule is CN1CCN(C(=O)c2cccc(Nc3ncc(F)c(Nc4ccc(OCC(N)=O)cc4)n3)c2)CC1. The summed E-state index contributed by atoms with van der Waals surface area (Å²) in [6.07, 6.45) is 1.06. The highest BCUT2D eigenvalue weighted by molar-refractivity contribution is 5.95. The number of nitrogens with two attached hydrogens (primary N) is 1. The highest BCUT2D eigenvalue weighted by Gasteiger charge is 2.20. The molecule has 4 N–H and O–H groups in total. The van der Waals surface area contributed by atoms with Gasteiger partial charge >= 0.3 is 0 Å². The lowest BCUT2D eigenvalue weighted by Gasteiger charge is -2.32. The molecule has 0 saturated carbocycles. The van der Waals surface area contributed by atoms with Crippen molar-refractivity contribution in [1.29, 1.82) is 0 Å². The quantitative estimate of drug-likeness (QED) is 0.450. The first-order valence-corrected chi connectivity index (χ1v) is 11.0. The lowest BCUT2D eigenvalue weighted by molar-refractivity contribution is -0.119. The van der Waals surface area contributed by atoms with Gasteiger partial charge in [0.1, 0.15) is 5.75 Å². The van der Waals surface area contributed by atoms with E-state index in [1.807, 2.05) is 11.9 Å². The number of carbonyl (C=O) groups excluding carboxylic acids is 2. The molecule has 1 saturated heterocycles. The van der Waals surface area contributed by atoms with E-state index in [2.05, 4.69) is 25.5 Å². The molecule has 2 heterocycles. The van der Waals surface area contributed by atoms with E-state index in [9.17, 15) is 14.0 Å². The van der Waals surface area contributed by atoms with Crippen LogP contribution in [-0.2, 0) is 4.79 Å². The fourth-order valence-electron chi connectivity index (χ4n) is 3.49. The third-order valence-corrected chi connectivity index (χ3v) is 5.40. The molecule has 0 bridgehead atoms. The van der Waals surface area contributed by atoms with Gasteiger partial charge in [-0.15, -0.1) is 0 Å². The van der Waals surface area contributed by atoms with Gasteiger partial charge in [-0.3, -0.25) is 9.59 Å². The lowest BCUT2D eigenvalue weighted by atomic mass is 10.1. The monoisotopic (exact) mass is 479 g/mol. The Balaban J connectivity index is 1.43. The number of hydrogen-bond acceptors (Lipinski definition) is 8. The van der Waals surface area contributed by atoms with E-state index >= 15 is 0 Å². The van der Waals surface area contributed by atoms with Crippen LogP contribution in [0, 0.1) is 5.82 Å². The first kappa shape index (κ1) is 23.9. The van der Waals surface area contributed by atoms with E-state index in [-0.39, 0.29) is 24.3 Å². The van der Waals surface area contributed by atoms with Gasteiger partial charge in [0.05, 0.1) is 6.20 Å². The molecule has 0 unspecified atom stereocenters. The molecule has 3 aromatic rings. The maximum Gasteiger partial charge on any atom is 0.255 e. The smallest absolute Gasteiger partial charge is 0.255 e. The van der Waals surface area contributed by atoms with Gasteiger partial charge in [-0.05, 0) is 49.5 Å². The van der Waals surface area contributed by atoms with E-state index in [4.69, 9.17) is 10.5 Å². The molecule has 0 aliphatic carbocycles. The van der Waals surface area contributed by atoms with Crippen LogP contribution in [0.2, 0.25) is 0 Å². The summed E-state index contributed by atoms with van der Waals surface area (Å²) in [4.78, 5) is 35.9. The average Bonchev–Trinajstić information content (AvgIpc) is 2.86. The normalized spacial score (nSPS) is 13.8. The summed E-state index contributed by atoms with van der Waals surface area (Å²) in [6.45, 7) is 2.81. The van der Waals surface area contributed by atoms with Crippen LogP contribution in [0.15, 0.2) is 54.7 Å². The number of carbonyl (C=O) groups is 2. The number of nitrogens with zero attached hydrogens (tertiary/aromatic N) is 4. The van der Waals surface area contributed by atoms with Gasteiger partial charge in [0.2, 0.25) is 5.95 Å². The van der Waals surface area contributed by atoms with Crippen LogP contribution >= 0.6 is 0 Å². The van der Waals surface area contributed by atoms with Gasteiger partial charge in [-0.2, -0.15) is 4.98 Å². The van der Waals surface area contributed by atoms with Crippen molar-refractivity contribution in [2.45, 2.75) is 0 Å². The topological polar surface area (TPSA) is 126 Å². The number of hydrogen-bond donors (Lipinski definition) is 3. The largest absolute Gasteiger partial charge is 0.484 e. The van der Waals surface area contributed by atoms with Crippen molar-refractivity contribution in [3.63, 3.8) is 0 Å². The summed E-state index contributed by atoms with van der Waals surface area (Å²) >= 11 is 0. The minimum absolute atomic E-state index is 0.0297. The Bertz CT molecular complexity index is 1200. The van der Waals surface area contributed by atoms with E-state index < -0.39 is 11.7 Å². The maximum atomic E-state index is 14.3. The Morgan fingerprint density at radius 2 is 1.80 bits per heavy atom. The summed E-state index contributed by atoms with van der Waals surface area (Å²) in [6, 6.07) is 13.6. The molecule has 2 aromatic carbocycles. The zero-order chi connectivity index (χ0) is 24.8. The number of aromatic nitrogens is 2. The molecule has 1 aromatic heterocycles. The van der Waals surface area contributed by atoms with Crippen molar-refractivity contribution in [3.8, 4) is 5.75 Å². The lowest BCUT2D eigenvalue weighted by Crippen LogP contribution is -2.47. The van der Waals surface area contributed by atoms with Crippen molar-refractivity contribution in [2.75, 3.05) is 50.5 Å². The molecule has 35 heavy (non-hydrogen) atoms. The molecule has 11 heteroatoms. The van der Waals surface area contributed by atoms with E-state index in [0.29, 0.717) is 35.8 Å². The molecule has 10 nitrogen and oxygen atoms in total. The first-order chi connectivity index (χ1) is 16.9. The molecule has 0 atom stereocenters. The van der Waals surface area contributed by atoms with Crippen molar-refractivity contribution in [3.05, 3.63) is 66.1 Å². The van der Waals surface area contributed by atoms with Crippen LogP contribution in [0.4, 0.5) is 27.5 Å². The number of rotatable bonds is 8. The summed E-state index contributed by atoms with van der Waals surface area (Å²) in [5.41, 5.74) is 6.78. The van der Waals surface area contributed by atoms with E-state index in [1.165, 1.54) is 0 Å². The highest BCUT2D eigenvalue weighted by atomic mass is 19.1. The predicted octanol–water partition coefficient (Wildman–Crippen LogP) is 2.35. The maximum absolute atomic E-state index is 14.3. The van der Waals surface area contributed by atoms with Crippen molar-refractivity contribution in [2.24, 2.45) is 5.73 Å². The molecule has 0 spiro atoms. The summed E-state index contributed by atoms with van der Waals surface area (Å²) in [5.74, 6) is -0.663. The number of piperazine rings is 1. The van der Waals surface area contributed by atoms with Gasteiger partial charge in [0.25, 0.3) is 11.8 Å². The number of halogens is 1. The number of primary amides is 1. The molecule has 1 fully saturated rings. The van der Waals surface area contributed by atoms with Gasteiger partial charge in [-0.1, -0.05) is 6.07 Å². The van der Waals surface area contributed by atoms with Crippen LogP contribution < -0.4 is 21.1 Å². The van der Waals surface area contributed by atoms with Crippen molar-refractivity contribution >= 4 is 35.0 Å². The van der Waals surface area contributed by atoms with E-state index in [1.54, 1.807) is 48.5 Å². The van der Waals surface area contributed by atoms with Crippen molar-refractivity contribution < 1.29 is 18.7 Å². The minimum atomic E-state index is -0.636.